The third kappa shape index (κ3) is 5.62. The molecule has 1 amide bonds. The van der Waals surface area contributed by atoms with Gasteiger partial charge in [0.05, 0.1) is 12.1 Å². The van der Waals surface area contributed by atoms with Crippen molar-refractivity contribution in [2.75, 3.05) is 6.54 Å². The monoisotopic (exact) mass is 371 g/mol. The lowest BCUT2D eigenvalue weighted by molar-refractivity contribution is -0.120. The second-order valence-corrected chi connectivity index (χ2v) is 7.41. The number of carbonyl (C=O) groups is 1. The van der Waals surface area contributed by atoms with Crippen molar-refractivity contribution < 1.29 is 4.79 Å². The van der Waals surface area contributed by atoms with E-state index < -0.39 is 0 Å². The summed E-state index contributed by atoms with van der Waals surface area (Å²) in [5.41, 5.74) is 4.54. The van der Waals surface area contributed by atoms with Gasteiger partial charge in [0.2, 0.25) is 5.91 Å². The van der Waals surface area contributed by atoms with E-state index in [1.165, 1.54) is 19.3 Å². The molecular weight excluding hydrogens is 338 g/mol. The molecule has 2 aromatic rings. The summed E-state index contributed by atoms with van der Waals surface area (Å²) in [6, 6.07) is 1.94. The smallest absolute Gasteiger partial charge is 0.251 e. The highest BCUT2D eigenvalue weighted by Crippen LogP contribution is 2.17. The molecule has 0 radical (unpaired) electrons. The van der Waals surface area contributed by atoms with Crippen molar-refractivity contribution in [3.63, 3.8) is 0 Å². The molecule has 0 saturated carbocycles. The summed E-state index contributed by atoms with van der Waals surface area (Å²) in [5, 5.41) is 7.68. The van der Waals surface area contributed by atoms with Crippen LogP contribution in [0.2, 0.25) is 0 Å². The molecule has 0 saturated heterocycles. The summed E-state index contributed by atoms with van der Waals surface area (Å²) in [6.07, 6.45) is 5.03. The Morgan fingerprint density at radius 1 is 1.15 bits per heavy atom. The van der Waals surface area contributed by atoms with E-state index in [-0.39, 0.29) is 5.91 Å². The molecule has 0 aliphatic carbocycles. The first-order valence-electron chi connectivity index (χ1n) is 10.00. The van der Waals surface area contributed by atoms with E-state index in [1.807, 2.05) is 33.8 Å². The van der Waals surface area contributed by atoms with Crippen LogP contribution in [0.1, 0.15) is 67.9 Å². The van der Waals surface area contributed by atoms with Crippen LogP contribution in [0.3, 0.4) is 0 Å². The molecule has 2 heterocycles. The minimum absolute atomic E-state index is 0.0528. The van der Waals surface area contributed by atoms with E-state index in [4.69, 9.17) is 0 Å². The quantitative estimate of drug-likeness (QED) is 0.728. The molecule has 0 aliphatic heterocycles. The van der Waals surface area contributed by atoms with Gasteiger partial charge in [-0.1, -0.05) is 33.1 Å². The van der Waals surface area contributed by atoms with E-state index in [9.17, 15) is 4.79 Å². The Bertz CT molecular complexity index is 761. The van der Waals surface area contributed by atoms with Crippen LogP contribution in [0.25, 0.3) is 5.95 Å². The minimum atomic E-state index is 0.0528. The van der Waals surface area contributed by atoms with Crippen LogP contribution in [0, 0.1) is 33.6 Å². The third-order valence-electron chi connectivity index (χ3n) is 5.07. The summed E-state index contributed by atoms with van der Waals surface area (Å²) in [7, 11) is 0. The molecule has 1 N–H and O–H groups in total. The fourth-order valence-electron chi connectivity index (χ4n) is 3.35. The average Bonchev–Trinajstić information content (AvgIpc) is 2.89. The topological polar surface area (TPSA) is 72.7 Å². The summed E-state index contributed by atoms with van der Waals surface area (Å²) in [6.45, 7) is 12.9. The molecule has 1 unspecified atom stereocenters. The fraction of sp³-hybridized carbons (Fsp3) is 0.619. The third-order valence-corrected chi connectivity index (χ3v) is 5.07. The lowest BCUT2D eigenvalue weighted by Gasteiger charge is -2.15. The van der Waals surface area contributed by atoms with Gasteiger partial charge in [-0.05, 0) is 46.1 Å². The van der Waals surface area contributed by atoms with Gasteiger partial charge in [0.25, 0.3) is 5.95 Å². The molecule has 0 fully saturated rings. The summed E-state index contributed by atoms with van der Waals surface area (Å²) < 4.78 is 1.74. The standard InChI is InChI=1S/C21H33N5O/c1-7-9-10-18(8-2)13-22-20(27)12-19-16(5)25-26(17(19)6)21-23-14(3)11-15(4)24-21/h11,18H,7-10,12-13H2,1-6H3,(H,22,27). The number of carbonyl (C=O) groups excluding carboxylic acids is 1. The molecular formula is C21H33N5O. The maximum Gasteiger partial charge on any atom is 0.251 e. The number of rotatable bonds is 9. The molecule has 148 valence electrons. The van der Waals surface area contributed by atoms with Crippen molar-refractivity contribution >= 4 is 5.91 Å². The Morgan fingerprint density at radius 2 is 1.81 bits per heavy atom. The molecule has 2 aromatic heterocycles. The molecule has 1 atom stereocenters. The maximum absolute atomic E-state index is 12.5. The number of aromatic nitrogens is 4. The van der Waals surface area contributed by atoms with E-state index in [2.05, 4.69) is 34.2 Å². The highest BCUT2D eigenvalue weighted by Gasteiger charge is 2.18. The lowest BCUT2D eigenvalue weighted by Crippen LogP contribution is -2.30. The molecule has 6 nitrogen and oxygen atoms in total. The molecule has 27 heavy (non-hydrogen) atoms. The first-order chi connectivity index (χ1) is 12.8. The predicted molar refractivity (Wildman–Crippen MR) is 108 cm³/mol. The summed E-state index contributed by atoms with van der Waals surface area (Å²) >= 11 is 0. The normalized spacial score (nSPS) is 12.2. The molecule has 0 spiro atoms. The predicted octanol–water partition coefficient (Wildman–Crippen LogP) is 3.77. The highest BCUT2D eigenvalue weighted by atomic mass is 16.1. The minimum Gasteiger partial charge on any atom is -0.356 e. The van der Waals surface area contributed by atoms with Gasteiger partial charge in [0, 0.05) is 29.2 Å². The average molecular weight is 372 g/mol. The number of nitrogens with one attached hydrogen (secondary N) is 1. The highest BCUT2D eigenvalue weighted by molar-refractivity contribution is 5.79. The second-order valence-electron chi connectivity index (χ2n) is 7.41. The largest absolute Gasteiger partial charge is 0.356 e. The van der Waals surface area contributed by atoms with Gasteiger partial charge in [-0.2, -0.15) is 5.10 Å². The van der Waals surface area contributed by atoms with E-state index in [0.29, 0.717) is 18.3 Å². The number of unbranched alkanes of at least 4 members (excludes halogenated alkanes) is 1. The van der Waals surface area contributed by atoms with Gasteiger partial charge in [-0.25, -0.2) is 14.6 Å². The van der Waals surface area contributed by atoms with Crippen LogP contribution in [0.4, 0.5) is 0 Å². The lowest BCUT2D eigenvalue weighted by atomic mass is 9.99. The molecule has 0 bridgehead atoms. The zero-order valence-corrected chi connectivity index (χ0v) is 17.6. The van der Waals surface area contributed by atoms with Gasteiger partial charge in [-0.15, -0.1) is 0 Å². The van der Waals surface area contributed by atoms with Crippen LogP contribution < -0.4 is 5.32 Å². The van der Waals surface area contributed by atoms with Crippen molar-refractivity contribution in [2.24, 2.45) is 5.92 Å². The number of hydrogen-bond acceptors (Lipinski definition) is 4. The number of amides is 1. The Balaban J connectivity index is 2.09. The first kappa shape index (κ1) is 21.1. The number of aryl methyl sites for hydroxylation is 3. The fourth-order valence-corrected chi connectivity index (χ4v) is 3.35. The van der Waals surface area contributed by atoms with Crippen molar-refractivity contribution in [3.05, 3.63) is 34.4 Å². The van der Waals surface area contributed by atoms with E-state index in [0.717, 1.165) is 41.3 Å². The number of nitrogens with zero attached hydrogens (tertiary/aromatic N) is 4. The van der Waals surface area contributed by atoms with Crippen LogP contribution in [0.5, 0.6) is 0 Å². The van der Waals surface area contributed by atoms with Gasteiger partial charge in [-0.3, -0.25) is 4.79 Å². The zero-order valence-electron chi connectivity index (χ0n) is 17.6. The summed E-state index contributed by atoms with van der Waals surface area (Å²) in [5.74, 6) is 1.17. The summed E-state index contributed by atoms with van der Waals surface area (Å²) in [4.78, 5) is 21.5. The molecule has 0 aliphatic rings. The van der Waals surface area contributed by atoms with Crippen LogP contribution in [-0.2, 0) is 11.2 Å². The van der Waals surface area contributed by atoms with Crippen molar-refractivity contribution in [1.29, 1.82) is 0 Å². The zero-order chi connectivity index (χ0) is 20.0. The van der Waals surface area contributed by atoms with E-state index in [1.54, 1.807) is 4.68 Å². The number of hydrogen-bond donors (Lipinski definition) is 1. The SMILES string of the molecule is CCCCC(CC)CNC(=O)Cc1c(C)nn(-c2nc(C)cc(C)n2)c1C. The second kappa shape index (κ2) is 9.62. The van der Waals surface area contributed by atoms with Gasteiger partial charge >= 0.3 is 0 Å². The van der Waals surface area contributed by atoms with Crippen LogP contribution in [-0.4, -0.2) is 32.2 Å². The van der Waals surface area contributed by atoms with Crippen molar-refractivity contribution in [3.8, 4) is 5.95 Å². The Kier molecular flexibility index (Phi) is 7.51. The Morgan fingerprint density at radius 3 is 2.41 bits per heavy atom. The molecule has 6 heteroatoms. The van der Waals surface area contributed by atoms with Crippen molar-refractivity contribution in [1.82, 2.24) is 25.1 Å². The van der Waals surface area contributed by atoms with Crippen molar-refractivity contribution in [2.45, 2.75) is 73.6 Å². The first-order valence-corrected chi connectivity index (χ1v) is 10.00. The molecule has 0 aromatic carbocycles. The molecule has 2 rings (SSSR count). The van der Waals surface area contributed by atoms with Crippen LogP contribution in [0.15, 0.2) is 6.07 Å². The van der Waals surface area contributed by atoms with E-state index >= 15 is 0 Å². The van der Waals surface area contributed by atoms with Crippen LogP contribution >= 0.6 is 0 Å². The van der Waals surface area contributed by atoms with Gasteiger partial charge < -0.3 is 5.32 Å². The Labute approximate surface area is 162 Å². The van der Waals surface area contributed by atoms with Gasteiger partial charge in [0.1, 0.15) is 0 Å². The van der Waals surface area contributed by atoms with Gasteiger partial charge in [0.15, 0.2) is 0 Å². The Hall–Kier alpha value is -2.24. The maximum atomic E-state index is 12.5.